The fourth-order valence-corrected chi connectivity index (χ4v) is 0.876. The summed E-state index contributed by atoms with van der Waals surface area (Å²) in [5.74, 6) is 0. The lowest BCUT2D eigenvalue weighted by atomic mass is 10.3. The SMILES string of the molecule is C=CCOC(COC(CO)C(F)(F)F)C(F)(F)F. The molecule has 3 nitrogen and oxygen atoms in total. The summed E-state index contributed by atoms with van der Waals surface area (Å²) >= 11 is 0. The summed E-state index contributed by atoms with van der Waals surface area (Å²) in [6.07, 6.45) is -14.0. The molecule has 0 aliphatic carbocycles. The molecule has 0 spiro atoms. The molecule has 9 heteroatoms. The Hall–Kier alpha value is -0.800. The quantitative estimate of drug-likeness (QED) is 0.574. The summed E-state index contributed by atoms with van der Waals surface area (Å²) in [5.41, 5.74) is 0. The Morgan fingerprint density at radius 2 is 1.50 bits per heavy atom. The Morgan fingerprint density at radius 3 is 1.83 bits per heavy atom. The first-order valence-electron chi connectivity index (χ1n) is 4.71. The number of aliphatic hydroxyl groups is 1. The first-order chi connectivity index (χ1) is 8.12. The number of hydrogen-bond donors (Lipinski definition) is 1. The normalized spacial score (nSPS) is 16.4. The van der Waals surface area contributed by atoms with Crippen LogP contribution in [0.5, 0.6) is 0 Å². The molecule has 0 rings (SSSR count). The summed E-state index contributed by atoms with van der Waals surface area (Å²) in [6, 6.07) is 0. The van der Waals surface area contributed by atoms with Crippen LogP contribution in [0.1, 0.15) is 0 Å². The third-order valence-corrected chi connectivity index (χ3v) is 1.76. The van der Waals surface area contributed by atoms with E-state index in [0.717, 1.165) is 6.08 Å². The van der Waals surface area contributed by atoms with E-state index >= 15 is 0 Å². The monoisotopic (exact) mass is 282 g/mol. The molecule has 0 aromatic rings. The molecule has 0 aliphatic heterocycles. The second kappa shape index (κ2) is 6.95. The number of hydrogen-bond acceptors (Lipinski definition) is 3. The highest BCUT2D eigenvalue weighted by molar-refractivity contribution is 4.74. The molecule has 0 aromatic heterocycles. The van der Waals surface area contributed by atoms with E-state index in [1.165, 1.54) is 0 Å². The Labute approximate surface area is 99.0 Å². The van der Waals surface area contributed by atoms with Crippen LogP contribution in [-0.4, -0.2) is 49.5 Å². The van der Waals surface area contributed by atoms with Crippen LogP contribution >= 0.6 is 0 Å². The molecule has 18 heavy (non-hydrogen) atoms. The molecule has 0 fully saturated rings. The average Bonchev–Trinajstić information content (AvgIpc) is 2.19. The van der Waals surface area contributed by atoms with E-state index in [4.69, 9.17) is 5.11 Å². The highest BCUT2D eigenvalue weighted by Crippen LogP contribution is 2.26. The van der Waals surface area contributed by atoms with Gasteiger partial charge < -0.3 is 14.6 Å². The molecular weight excluding hydrogens is 270 g/mol. The van der Waals surface area contributed by atoms with Crippen molar-refractivity contribution in [3.8, 4) is 0 Å². The smallest absolute Gasteiger partial charge is 0.393 e. The maximum atomic E-state index is 12.3. The molecule has 2 atom stereocenters. The molecule has 0 aromatic carbocycles. The second-order valence-electron chi connectivity index (χ2n) is 3.20. The van der Waals surface area contributed by atoms with Crippen molar-refractivity contribution in [1.82, 2.24) is 0 Å². The summed E-state index contributed by atoms with van der Waals surface area (Å²) in [7, 11) is 0. The van der Waals surface area contributed by atoms with Gasteiger partial charge in [0.1, 0.15) is 0 Å². The van der Waals surface area contributed by atoms with Gasteiger partial charge in [0.05, 0.1) is 19.8 Å². The molecule has 0 amide bonds. The van der Waals surface area contributed by atoms with E-state index in [-0.39, 0.29) is 0 Å². The Bertz CT molecular complexity index is 250. The lowest BCUT2D eigenvalue weighted by Crippen LogP contribution is -2.42. The van der Waals surface area contributed by atoms with Crippen molar-refractivity contribution in [2.75, 3.05) is 19.8 Å². The number of aliphatic hydroxyl groups excluding tert-OH is 1. The molecule has 108 valence electrons. The van der Waals surface area contributed by atoms with Gasteiger partial charge in [0.2, 0.25) is 0 Å². The average molecular weight is 282 g/mol. The van der Waals surface area contributed by atoms with Crippen LogP contribution in [0.25, 0.3) is 0 Å². The van der Waals surface area contributed by atoms with Gasteiger partial charge in [-0.2, -0.15) is 26.3 Å². The van der Waals surface area contributed by atoms with Crippen molar-refractivity contribution < 1.29 is 40.9 Å². The largest absolute Gasteiger partial charge is 0.416 e. The molecule has 0 aliphatic rings. The van der Waals surface area contributed by atoms with Gasteiger partial charge in [-0.1, -0.05) is 6.08 Å². The first kappa shape index (κ1) is 17.2. The fraction of sp³-hybridized carbons (Fsp3) is 0.778. The van der Waals surface area contributed by atoms with Gasteiger partial charge in [-0.05, 0) is 0 Å². The predicted molar refractivity (Wildman–Crippen MR) is 48.9 cm³/mol. The van der Waals surface area contributed by atoms with Crippen LogP contribution in [-0.2, 0) is 9.47 Å². The minimum Gasteiger partial charge on any atom is -0.393 e. The van der Waals surface area contributed by atoms with Crippen LogP contribution in [0.4, 0.5) is 26.3 Å². The van der Waals surface area contributed by atoms with Gasteiger partial charge in [-0.25, -0.2) is 0 Å². The van der Waals surface area contributed by atoms with Gasteiger partial charge in [-0.15, -0.1) is 6.58 Å². The Balaban J connectivity index is 4.46. The lowest BCUT2D eigenvalue weighted by molar-refractivity contribution is -0.267. The molecule has 1 N–H and O–H groups in total. The number of ether oxygens (including phenoxy) is 2. The van der Waals surface area contributed by atoms with Crippen LogP contribution in [0.3, 0.4) is 0 Å². The van der Waals surface area contributed by atoms with Gasteiger partial charge in [0, 0.05) is 0 Å². The zero-order chi connectivity index (χ0) is 14.4. The second-order valence-corrected chi connectivity index (χ2v) is 3.20. The summed E-state index contributed by atoms with van der Waals surface area (Å²) in [6.45, 7) is -0.192. The van der Waals surface area contributed by atoms with E-state index in [1.54, 1.807) is 0 Å². The fourth-order valence-electron chi connectivity index (χ4n) is 0.876. The van der Waals surface area contributed by atoms with Crippen molar-refractivity contribution in [2.24, 2.45) is 0 Å². The Morgan fingerprint density at radius 1 is 1.00 bits per heavy atom. The van der Waals surface area contributed by atoms with Crippen LogP contribution in [0.2, 0.25) is 0 Å². The minimum absolute atomic E-state index is 0.483. The molecule has 0 bridgehead atoms. The maximum Gasteiger partial charge on any atom is 0.416 e. The van der Waals surface area contributed by atoms with Gasteiger partial charge in [-0.3, -0.25) is 0 Å². The number of rotatable bonds is 7. The van der Waals surface area contributed by atoms with E-state index in [2.05, 4.69) is 16.1 Å². The highest BCUT2D eigenvalue weighted by atomic mass is 19.4. The van der Waals surface area contributed by atoms with Gasteiger partial charge in [0.25, 0.3) is 0 Å². The van der Waals surface area contributed by atoms with Crippen molar-refractivity contribution >= 4 is 0 Å². The number of alkyl halides is 6. The van der Waals surface area contributed by atoms with E-state index < -0.39 is 44.4 Å². The maximum absolute atomic E-state index is 12.3. The molecule has 0 heterocycles. The zero-order valence-corrected chi connectivity index (χ0v) is 9.09. The van der Waals surface area contributed by atoms with Crippen LogP contribution in [0.15, 0.2) is 12.7 Å². The first-order valence-corrected chi connectivity index (χ1v) is 4.71. The summed E-state index contributed by atoms with van der Waals surface area (Å²) in [5, 5.41) is 8.37. The topological polar surface area (TPSA) is 38.7 Å². The van der Waals surface area contributed by atoms with E-state index in [9.17, 15) is 26.3 Å². The molecule has 0 radical (unpaired) electrons. The summed E-state index contributed by atoms with van der Waals surface area (Å²) < 4.78 is 81.5. The molecular formula is C9H12F6O3. The Kier molecular flexibility index (Phi) is 6.64. The van der Waals surface area contributed by atoms with Crippen LogP contribution in [0, 0.1) is 0 Å². The van der Waals surface area contributed by atoms with Crippen molar-refractivity contribution in [3.05, 3.63) is 12.7 Å². The van der Waals surface area contributed by atoms with Crippen molar-refractivity contribution in [3.63, 3.8) is 0 Å². The zero-order valence-electron chi connectivity index (χ0n) is 9.09. The summed E-state index contributed by atoms with van der Waals surface area (Å²) in [4.78, 5) is 0. The standard InChI is InChI=1S/C9H12F6O3/c1-2-3-17-7(9(13,14)15)5-18-6(4-16)8(10,11)12/h2,6-7,16H,1,3-5H2. The van der Waals surface area contributed by atoms with Crippen molar-refractivity contribution in [2.45, 2.75) is 24.6 Å². The van der Waals surface area contributed by atoms with Crippen molar-refractivity contribution in [1.29, 1.82) is 0 Å². The third-order valence-electron chi connectivity index (χ3n) is 1.76. The van der Waals surface area contributed by atoms with Crippen LogP contribution < -0.4 is 0 Å². The molecule has 0 saturated carbocycles. The minimum atomic E-state index is -4.94. The van der Waals surface area contributed by atoms with Gasteiger partial charge in [0.15, 0.2) is 12.2 Å². The predicted octanol–water partition coefficient (Wildman–Crippen LogP) is 2.06. The molecule has 0 saturated heterocycles. The third kappa shape index (κ3) is 6.22. The lowest BCUT2D eigenvalue weighted by Gasteiger charge is -2.24. The molecule has 2 unspecified atom stereocenters. The highest BCUT2D eigenvalue weighted by Gasteiger charge is 2.45. The van der Waals surface area contributed by atoms with E-state index in [1.807, 2.05) is 0 Å². The van der Waals surface area contributed by atoms with E-state index in [0.29, 0.717) is 0 Å². The van der Waals surface area contributed by atoms with Gasteiger partial charge >= 0.3 is 12.4 Å². The number of halogens is 6.